The van der Waals surface area contributed by atoms with Gasteiger partial charge in [-0.2, -0.15) is 0 Å². The third-order valence-corrected chi connectivity index (χ3v) is 4.39. The minimum atomic E-state index is -3.31. The molecule has 2 rings (SSSR count). The fourth-order valence-corrected chi connectivity index (χ4v) is 3.38. The van der Waals surface area contributed by atoms with Gasteiger partial charge < -0.3 is 5.32 Å². The molecule has 0 amide bonds. The standard InChI is InChI=1S/C12H17FN2O2S/c13-11-4-1-3-10(7-11)8-15-18(16,17)9-12-5-2-6-14-12/h1,3-4,7,12,14-15H,2,5-6,8-9H2. The zero-order valence-electron chi connectivity index (χ0n) is 10.0. The van der Waals surface area contributed by atoms with Gasteiger partial charge in [0, 0.05) is 12.6 Å². The van der Waals surface area contributed by atoms with Crippen LogP contribution in [0, 0.1) is 5.82 Å². The summed E-state index contributed by atoms with van der Waals surface area (Å²) in [4.78, 5) is 0. The van der Waals surface area contributed by atoms with Crippen molar-refractivity contribution >= 4 is 10.0 Å². The molecule has 1 aliphatic rings. The maximum atomic E-state index is 12.9. The van der Waals surface area contributed by atoms with E-state index >= 15 is 0 Å². The smallest absolute Gasteiger partial charge is 0.213 e. The van der Waals surface area contributed by atoms with E-state index in [0.717, 1.165) is 19.4 Å². The fourth-order valence-electron chi connectivity index (χ4n) is 2.06. The maximum absolute atomic E-state index is 12.9. The van der Waals surface area contributed by atoms with Crippen molar-refractivity contribution in [2.45, 2.75) is 25.4 Å². The average molecular weight is 272 g/mol. The second kappa shape index (κ2) is 5.77. The SMILES string of the molecule is O=S(=O)(CC1CCCN1)NCc1cccc(F)c1. The predicted molar refractivity (Wildman–Crippen MR) is 68.1 cm³/mol. The monoisotopic (exact) mass is 272 g/mol. The number of halogens is 1. The molecule has 0 saturated carbocycles. The lowest BCUT2D eigenvalue weighted by Crippen LogP contribution is -2.36. The van der Waals surface area contributed by atoms with Crippen molar-refractivity contribution in [2.75, 3.05) is 12.3 Å². The summed E-state index contributed by atoms with van der Waals surface area (Å²) in [5.74, 6) is -0.272. The zero-order chi connectivity index (χ0) is 13.0. The summed E-state index contributed by atoms with van der Waals surface area (Å²) in [6.45, 7) is 1.01. The van der Waals surface area contributed by atoms with Crippen LogP contribution in [0.25, 0.3) is 0 Å². The number of hydrogen-bond donors (Lipinski definition) is 2. The second-order valence-electron chi connectivity index (χ2n) is 4.53. The van der Waals surface area contributed by atoms with Gasteiger partial charge in [0.25, 0.3) is 0 Å². The molecular weight excluding hydrogens is 255 g/mol. The van der Waals surface area contributed by atoms with E-state index in [1.165, 1.54) is 12.1 Å². The normalized spacial score (nSPS) is 20.2. The number of benzene rings is 1. The Kier molecular flexibility index (Phi) is 4.31. The van der Waals surface area contributed by atoms with Crippen molar-refractivity contribution in [3.8, 4) is 0 Å². The number of hydrogen-bond acceptors (Lipinski definition) is 3. The van der Waals surface area contributed by atoms with E-state index in [2.05, 4.69) is 10.0 Å². The highest BCUT2D eigenvalue weighted by Crippen LogP contribution is 2.08. The van der Waals surface area contributed by atoms with Crippen LogP contribution in [0.4, 0.5) is 4.39 Å². The van der Waals surface area contributed by atoms with Crippen LogP contribution in [0.2, 0.25) is 0 Å². The quantitative estimate of drug-likeness (QED) is 0.840. The third-order valence-electron chi connectivity index (χ3n) is 2.97. The van der Waals surface area contributed by atoms with E-state index < -0.39 is 10.0 Å². The average Bonchev–Trinajstić information content (AvgIpc) is 2.79. The van der Waals surface area contributed by atoms with Crippen LogP contribution in [0.1, 0.15) is 18.4 Å². The Bertz CT molecular complexity index is 499. The van der Waals surface area contributed by atoms with Gasteiger partial charge in [-0.05, 0) is 37.1 Å². The van der Waals surface area contributed by atoms with Gasteiger partial charge in [0.05, 0.1) is 5.75 Å². The topological polar surface area (TPSA) is 58.2 Å². The molecule has 1 fully saturated rings. The second-order valence-corrected chi connectivity index (χ2v) is 6.38. The first kappa shape index (κ1) is 13.5. The summed E-state index contributed by atoms with van der Waals surface area (Å²) in [5, 5.41) is 3.14. The lowest BCUT2D eigenvalue weighted by atomic mass is 10.2. The van der Waals surface area contributed by atoms with Gasteiger partial charge in [0.1, 0.15) is 5.82 Å². The summed E-state index contributed by atoms with van der Waals surface area (Å²) in [7, 11) is -3.31. The summed E-state index contributed by atoms with van der Waals surface area (Å²) in [5.41, 5.74) is 0.623. The Labute approximate surface area is 107 Å². The van der Waals surface area contributed by atoms with Crippen LogP contribution in [0.15, 0.2) is 24.3 Å². The molecule has 0 bridgehead atoms. The van der Waals surface area contributed by atoms with E-state index in [4.69, 9.17) is 0 Å². The molecule has 1 aromatic rings. The van der Waals surface area contributed by atoms with Crippen molar-refractivity contribution in [3.63, 3.8) is 0 Å². The molecule has 1 aliphatic heterocycles. The number of sulfonamides is 1. The molecule has 2 N–H and O–H groups in total. The van der Waals surface area contributed by atoms with E-state index in [0.29, 0.717) is 5.56 Å². The van der Waals surface area contributed by atoms with Gasteiger partial charge in [-0.25, -0.2) is 17.5 Å². The van der Waals surface area contributed by atoms with E-state index in [1.54, 1.807) is 12.1 Å². The molecule has 0 radical (unpaired) electrons. The van der Waals surface area contributed by atoms with Crippen molar-refractivity contribution < 1.29 is 12.8 Å². The molecule has 0 aromatic heterocycles. The van der Waals surface area contributed by atoms with Gasteiger partial charge >= 0.3 is 0 Å². The molecule has 1 aromatic carbocycles. The van der Waals surface area contributed by atoms with Gasteiger partial charge in [-0.1, -0.05) is 12.1 Å². The first-order valence-corrected chi connectivity index (χ1v) is 7.65. The Morgan fingerprint density at radius 1 is 1.44 bits per heavy atom. The van der Waals surface area contributed by atoms with E-state index in [-0.39, 0.29) is 24.2 Å². The minimum Gasteiger partial charge on any atom is -0.313 e. The fraction of sp³-hybridized carbons (Fsp3) is 0.500. The number of rotatable bonds is 5. The minimum absolute atomic E-state index is 0.0370. The molecule has 1 saturated heterocycles. The van der Waals surface area contributed by atoms with Crippen LogP contribution >= 0.6 is 0 Å². The number of nitrogens with one attached hydrogen (secondary N) is 2. The zero-order valence-corrected chi connectivity index (χ0v) is 10.8. The first-order chi connectivity index (χ1) is 8.55. The lowest BCUT2D eigenvalue weighted by molar-refractivity contribution is 0.563. The molecule has 1 atom stereocenters. The molecule has 1 heterocycles. The largest absolute Gasteiger partial charge is 0.313 e. The van der Waals surface area contributed by atoms with Crippen LogP contribution in [0.5, 0.6) is 0 Å². The maximum Gasteiger partial charge on any atom is 0.213 e. The predicted octanol–water partition coefficient (Wildman–Crippen LogP) is 0.997. The first-order valence-electron chi connectivity index (χ1n) is 6.00. The van der Waals surface area contributed by atoms with Crippen LogP contribution in [-0.2, 0) is 16.6 Å². The summed E-state index contributed by atoms with van der Waals surface area (Å²) < 4.78 is 39.0. The van der Waals surface area contributed by atoms with Gasteiger partial charge in [0.15, 0.2) is 0 Å². The highest BCUT2D eigenvalue weighted by atomic mass is 32.2. The van der Waals surface area contributed by atoms with Crippen LogP contribution in [-0.4, -0.2) is 26.8 Å². The van der Waals surface area contributed by atoms with Crippen LogP contribution in [0.3, 0.4) is 0 Å². The van der Waals surface area contributed by atoms with Crippen molar-refractivity contribution in [1.82, 2.24) is 10.0 Å². The van der Waals surface area contributed by atoms with Crippen molar-refractivity contribution in [3.05, 3.63) is 35.6 Å². The highest BCUT2D eigenvalue weighted by Gasteiger charge is 2.21. The molecule has 0 aliphatic carbocycles. The molecule has 100 valence electrons. The Morgan fingerprint density at radius 3 is 2.94 bits per heavy atom. The summed E-state index contributed by atoms with van der Waals surface area (Å²) in [6, 6.07) is 5.96. The van der Waals surface area contributed by atoms with Crippen LogP contribution < -0.4 is 10.0 Å². The van der Waals surface area contributed by atoms with E-state index in [1.807, 2.05) is 0 Å². The molecular formula is C12H17FN2O2S. The third kappa shape index (κ3) is 4.04. The Balaban J connectivity index is 1.88. The van der Waals surface area contributed by atoms with Gasteiger partial charge in [0.2, 0.25) is 10.0 Å². The van der Waals surface area contributed by atoms with Gasteiger partial charge in [-0.15, -0.1) is 0 Å². The molecule has 1 unspecified atom stereocenters. The molecule has 4 nitrogen and oxygen atoms in total. The van der Waals surface area contributed by atoms with Crippen molar-refractivity contribution in [1.29, 1.82) is 0 Å². The Morgan fingerprint density at radius 2 is 2.28 bits per heavy atom. The Hall–Kier alpha value is -0.980. The molecule has 6 heteroatoms. The molecule has 0 spiro atoms. The summed E-state index contributed by atoms with van der Waals surface area (Å²) in [6.07, 6.45) is 1.91. The van der Waals surface area contributed by atoms with Crippen molar-refractivity contribution in [2.24, 2.45) is 0 Å². The summed E-state index contributed by atoms with van der Waals surface area (Å²) >= 11 is 0. The van der Waals surface area contributed by atoms with Gasteiger partial charge in [-0.3, -0.25) is 0 Å². The highest BCUT2D eigenvalue weighted by molar-refractivity contribution is 7.89. The van der Waals surface area contributed by atoms with E-state index in [9.17, 15) is 12.8 Å². The lowest BCUT2D eigenvalue weighted by Gasteiger charge is -2.11. The molecule has 18 heavy (non-hydrogen) atoms.